The zero-order valence-corrected chi connectivity index (χ0v) is 12.0. The zero-order chi connectivity index (χ0) is 14.2. The Morgan fingerprint density at radius 2 is 2.05 bits per heavy atom. The predicted octanol–water partition coefficient (Wildman–Crippen LogP) is 1.89. The summed E-state index contributed by atoms with van der Waals surface area (Å²) in [5.41, 5.74) is 1.24. The van der Waals surface area contributed by atoms with E-state index in [-0.39, 0.29) is 18.4 Å². The highest BCUT2D eigenvalue weighted by atomic mass is 35.5. The fraction of sp³-hybridized carbons (Fsp3) is 0.333. The van der Waals surface area contributed by atoms with Crippen LogP contribution in [0.3, 0.4) is 0 Å². The van der Waals surface area contributed by atoms with Crippen LogP contribution in [0.5, 0.6) is 0 Å². The molecule has 1 aromatic rings. The highest BCUT2D eigenvalue weighted by Crippen LogP contribution is 2.37. The van der Waals surface area contributed by atoms with E-state index in [0.29, 0.717) is 21.4 Å². The summed E-state index contributed by atoms with van der Waals surface area (Å²) < 4.78 is 0. The van der Waals surface area contributed by atoms with Gasteiger partial charge in [0.15, 0.2) is 0 Å². The molecule has 102 valence electrons. The van der Waals surface area contributed by atoms with Gasteiger partial charge in [-0.15, -0.1) is 0 Å². The molecule has 0 bridgehead atoms. The minimum Gasteiger partial charge on any atom is -0.372 e. The topological polar surface area (TPSA) is 61.4 Å². The fourth-order valence-electron chi connectivity index (χ4n) is 1.91. The average molecular weight is 302 g/mol. The summed E-state index contributed by atoms with van der Waals surface area (Å²) in [6.07, 6.45) is 0. The second-order valence-corrected chi connectivity index (χ2v) is 5.06. The first kappa shape index (κ1) is 14.0. The molecule has 1 atom stereocenters. The van der Waals surface area contributed by atoms with Crippen LogP contribution in [0, 0.1) is 0 Å². The molecule has 0 saturated carbocycles. The van der Waals surface area contributed by atoms with Crippen molar-refractivity contribution in [1.82, 2.24) is 5.32 Å². The van der Waals surface area contributed by atoms with E-state index in [4.69, 9.17) is 23.2 Å². The molecule has 1 aromatic carbocycles. The third-order valence-electron chi connectivity index (χ3n) is 2.92. The molecule has 1 aliphatic rings. The number of carbonyl (C=O) groups is 2. The van der Waals surface area contributed by atoms with Gasteiger partial charge in [-0.2, -0.15) is 0 Å². The van der Waals surface area contributed by atoms with Gasteiger partial charge in [-0.3, -0.25) is 14.5 Å². The van der Waals surface area contributed by atoms with E-state index in [1.807, 2.05) is 0 Å². The normalized spacial score (nSPS) is 17.8. The SMILES string of the molecule is CNC(=O)CN1C(=O)C(C)Nc2cc(Cl)c(Cl)cc21. The van der Waals surface area contributed by atoms with Crippen LogP contribution in [0.25, 0.3) is 0 Å². The van der Waals surface area contributed by atoms with Crippen molar-refractivity contribution in [1.29, 1.82) is 0 Å². The molecule has 0 radical (unpaired) electrons. The summed E-state index contributed by atoms with van der Waals surface area (Å²) in [5.74, 6) is -0.436. The van der Waals surface area contributed by atoms with Crippen molar-refractivity contribution in [3.8, 4) is 0 Å². The van der Waals surface area contributed by atoms with Crippen molar-refractivity contribution < 1.29 is 9.59 Å². The zero-order valence-electron chi connectivity index (χ0n) is 10.5. The van der Waals surface area contributed by atoms with Crippen molar-refractivity contribution >= 4 is 46.4 Å². The van der Waals surface area contributed by atoms with Gasteiger partial charge in [0.2, 0.25) is 11.8 Å². The summed E-state index contributed by atoms with van der Waals surface area (Å²) in [5, 5.41) is 6.26. The van der Waals surface area contributed by atoms with Crippen molar-refractivity contribution in [3.05, 3.63) is 22.2 Å². The average Bonchev–Trinajstić information content (AvgIpc) is 2.37. The monoisotopic (exact) mass is 301 g/mol. The molecule has 0 aromatic heterocycles. The summed E-state index contributed by atoms with van der Waals surface area (Å²) in [7, 11) is 1.52. The first-order valence-corrected chi connectivity index (χ1v) is 6.47. The van der Waals surface area contributed by atoms with Crippen LogP contribution in [0.15, 0.2) is 12.1 Å². The molecule has 1 unspecified atom stereocenters. The van der Waals surface area contributed by atoms with Gasteiger partial charge in [0, 0.05) is 7.05 Å². The second-order valence-electron chi connectivity index (χ2n) is 4.25. The number of amides is 2. The molecule has 0 fully saturated rings. The smallest absolute Gasteiger partial charge is 0.249 e. The van der Waals surface area contributed by atoms with Crippen molar-refractivity contribution in [2.45, 2.75) is 13.0 Å². The Kier molecular flexibility index (Phi) is 3.87. The number of rotatable bonds is 2. The Balaban J connectivity index is 2.46. The molecule has 2 rings (SSSR count). The van der Waals surface area contributed by atoms with Gasteiger partial charge in [0.1, 0.15) is 12.6 Å². The first-order valence-electron chi connectivity index (χ1n) is 5.71. The molecule has 5 nitrogen and oxygen atoms in total. The minimum atomic E-state index is -0.422. The second kappa shape index (κ2) is 5.27. The van der Waals surface area contributed by atoms with Gasteiger partial charge in [-0.25, -0.2) is 0 Å². The standard InChI is InChI=1S/C12H13Cl2N3O2/c1-6-12(19)17(5-11(18)15-2)10-4-8(14)7(13)3-9(10)16-6/h3-4,6,16H,5H2,1-2H3,(H,15,18). The molecule has 0 aliphatic carbocycles. The number of hydrogen-bond acceptors (Lipinski definition) is 3. The van der Waals surface area contributed by atoms with E-state index in [9.17, 15) is 9.59 Å². The summed E-state index contributed by atoms with van der Waals surface area (Å²) in [6.45, 7) is 1.68. The Morgan fingerprint density at radius 3 is 2.68 bits per heavy atom. The molecular formula is C12H13Cl2N3O2. The van der Waals surface area contributed by atoms with Crippen LogP contribution in [0.4, 0.5) is 11.4 Å². The van der Waals surface area contributed by atoms with Gasteiger partial charge in [0.05, 0.1) is 21.4 Å². The van der Waals surface area contributed by atoms with E-state index in [2.05, 4.69) is 10.6 Å². The fourth-order valence-corrected chi connectivity index (χ4v) is 2.23. The first-order chi connectivity index (χ1) is 8.93. The van der Waals surface area contributed by atoms with Crippen molar-refractivity contribution in [2.24, 2.45) is 0 Å². The van der Waals surface area contributed by atoms with Crippen LogP contribution in [0.2, 0.25) is 10.0 Å². The highest BCUT2D eigenvalue weighted by Gasteiger charge is 2.31. The number of hydrogen-bond donors (Lipinski definition) is 2. The van der Waals surface area contributed by atoms with Gasteiger partial charge < -0.3 is 10.6 Å². The maximum absolute atomic E-state index is 12.1. The quantitative estimate of drug-likeness (QED) is 0.877. The number of benzene rings is 1. The van der Waals surface area contributed by atoms with Crippen molar-refractivity contribution in [3.63, 3.8) is 0 Å². The lowest BCUT2D eigenvalue weighted by molar-refractivity contribution is -0.123. The molecular weight excluding hydrogens is 289 g/mol. The predicted molar refractivity (Wildman–Crippen MR) is 76.0 cm³/mol. The van der Waals surface area contributed by atoms with E-state index in [1.54, 1.807) is 19.1 Å². The summed E-state index contributed by atoms with van der Waals surface area (Å²) in [4.78, 5) is 25.1. The lowest BCUT2D eigenvalue weighted by Crippen LogP contribution is -2.49. The maximum atomic E-state index is 12.1. The Morgan fingerprint density at radius 1 is 1.42 bits per heavy atom. The molecule has 19 heavy (non-hydrogen) atoms. The molecule has 7 heteroatoms. The Bertz CT molecular complexity index is 548. The van der Waals surface area contributed by atoms with Gasteiger partial charge >= 0.3 is 0 Å². The lowest BCUT2D eigenvalue weighted by atomic mass is 10.1. The third kappa shape index (κ3) is 2.62. The van der Waals surface area contributed by atoms with Crippen LogP contribution < -0.4 is 15.5 Å². The molecule has 2 amide bonds. The van der Waals surface area contributed by atoms with E-state index in [1.165, 1.54) is 11.9 Å². The molecule has 2 N–H and O–H groups in total. The largest absolute Gasteiger partial charge is 0.372 e. The number of anilines is 2. The lowest BCUT2D eigenvalue weighted by Gasteiger charge is -2.33. The van der Waals surface area contributed by atoms with E-state index < -0.39 is 6.04 Å². The number of carbonyl (C=O) groups excluding carboxylic acids is 2. The van der Waals surface area contributed by atoms with Crippen LogP contribution in [-0.2, 0) is 9.59 Å². The number of likely N-dealkylation sites (N-methyl/N-ethyl adjacent to an activating group) is 1. The Hall–Kier alpha value is -1.46. The van der Waals surface area contributed by atoms with E-state index >= 15 is 0 Å². The minimum absolute atomic E-state index is 0.0493. The Labute approximate surface area is 120 Å². The van der Waals surface area contributed by atoms with Gasteiger partial charge in [0.25, 0.3) is 0 Å². The van der Waals surface area contributed by atoms with Crippen LogP contribution >= 0.6 is 23.2 Å². The van der Waals surface area contributed by atoms with E-state index in [0.717, 1.165) is 0 Å². The van der Waals surface area contributed by atoms with Gasteiger partial charge in [-0.1, -0.05) is 23.2 Å². The third-order valence-corrected chi connectivity index (χ3v) is 3.64. The van der Waals surface area contributed by atoms with Crippen LogP contribution in [-0.4, -0.2) is 31.4 Å². The van der Waals surface area contributed by atoms with Crippen molar-refractivity contribution in [2.75, 3.05) is 23.8 Å². The summed E-state index contributed by atoms with van der Waals surface area (Å²) in [6, 6.07) is 2.81. The number of nitrogens with one attached hydrogen (secondary N) is 2. The highest BCUT2D eigenvalue weighted by molar-refractivity contribution is 6.42. The molecule has 1 aliphatic heterocycles. The summed E-state index contributed by atoms with van der Waals surface area (Å²) >= 11 is 11.9. The maximum Gasteiger partial charge on any atom is 0.249 e. The van der Waals surface area contributed by atoms with Crippen LogP contribution in [0.1, 0.15) is 6.92 Å². The molecule has 0 saturated heterocycles. The number of nitrogens with zero attached hydrogens (tertiary/aromatic N) is 1. The molecule has 1 heterocycles. The number of fused-ring (bicyclic) bond motifs is 1. The van der Waals surface area contributed by atoms with Gasteiger partial charge in [-0.05, 0) is 19.1 Å². The number of halogens is 2. The molecule has 0 spiro atoms.